The minimum atomic E-state index is -3.20. The zero-order valence-electron chi connectivity index (χ0n) is 22.0. The molecule has 2 N–H and O–H groups in total. The fourth-order valence-corrected chi connectivity index (χ4v) is 5.52. The number of carbonyl (C=O) groups is 1. The van der Waals surface area contributed by atoms with Crippen LogP contribution >= 0.6 is 11.6 Å². The number of methoxy groups -OCH3 is 1. The van der Waals surface area contributed by atoms with Crippen LogP contribution in [0.25, 0.3) is 10.9 Å². The van der Waals surface area contributed by atoms with E-state index in [1.165, 1.54) is 29.8 Å². The third kappa shape index (κ3) is 6.62. The lowest BCUT2D eigenvalue weighted by atomic mass is 10.0. The van der Waals surface area contributed by atoms with Gasteiger partial charge in [0.2, 0.25) is 10.0 Å². The highest BCUT2D eigenvalue weighted by Gasteiger charge is 2.28. The molecule has 0 atom stereocenters. The van der Waals surface area contributed by atoms with E-state index in [4.69, 9.17) is 16.3 Å². The summed E-state index contributed by atoms with van der Waals surface area (Å²) in [7, 11) is -1.73. The normalized spacial score (nSPS) is 16.3. The van der Waals surface area contributed by atoms with Gasteiger partial charge in [0, 0.05) is 42.9 Å². The van der Waals surface area contributed by atoms with E-state index in [2.05, 4.69) is 32.4 Å². The number of hydrogen-bond acceptors (Lipinski definition) is 8. The number of nitrogens with one attached hydrogen (secondary N) is 2. The lowest BCUT2D eigenvalue weighted by molar-refractivity contribution is -0.111. The summed E-state index contributed by atoms with van der Waals surface area (Å²) in [5.41, 5.74) is 2.72. The summed E-state index contributed by atoms with van der Waals surface area (Å²) < 4.78 is 43.8. The zero-order chi connectivity index (χ0) is 28.4. The number of hydrogen-bond donors (Lipinski definition) is 2. The second kappa shape index (κ2) is 11.5. The summed E-state index contributed by atoms with van der Waals surface area (Å²) in [5.74, 6) is 5.26. The Bertz CT molecular complexity index is 1630. The van der Waals surface area contributed by atoms with Crippen molar-refractivity contribution in [1.29, 1.82) is 0 Å². The van der Waals surface area contributed by atoms with Crippen LogP contribution in [0, 0.1) is 17.7 Å². The molecule has 10 nitrogen and oxygen atoms in total. The Kier molecular flexibility index (Phi) is 8.09. The van der Waals surface area contributed by atoms with Crippen LogP contribution in [-0.2, 0) is 14.8 Å². The van der Waals surface area contributed by atoms with E-state index in [-0.39, 0.29) is 11.0 Å². The largest absolute Gasteiger partial charge is 0.467 e. The van der Waals surface area contributed by atoms with E-state index in [1.54, 1.807) is 12.1 Å². The molecule has 0 bridgehead atoms. The van der Waals surface area contributed by atoms with Crippen molar-refractivity contribution >= 4 is 55.6 Å². The third-order valence-corrected chi connectivity index (χ3v) is 8.37. The highest BCUT2D eigenvalue weighted by Crippen LogP contribution is 2.45. The molecule has 1 aromatic heterocycles. The molecule has 1 saturated carbocycles. The molecule has 2 aromatic carbocycles. The Balaban J connectivity index is 1.37. The van der Waals surface area contributed by atoms with Crippen LogP contribution in [0.3, 0.4) is 0 Å². The van der Waals surface area contributed by atoms with Crippen LogP contribution < -0.4 is 15.4 Å². The Hall–Kier alpha value is -3.50. The van der Waals surface area contributed by atoms with Crippen molar-refractivity contribution in [3.8, 4) is 17.9 Å². The van der Waals surface area contributed by atoms with Gasteiger partial charge in [-0.15, -0.1) is 0 Å². The van der Waals surface area contributed by atoms with Gasteiger partial charge in [-0.25, -0.2) is 12.8 Å². The number of benzene rings is 2. The highest BCUT2D eigenvalue weighted by molar-refractivity contribution is 7.88. The molecular formula is C27H28ClFN6O4S. The number of anilines is 3. The Labute approximate surface area is 236 Å². The zero-order valence-corrected chi connectivity index (χ0v) is 23.6. The van der Waals surface area contributed by atoms with Crippen LogP contribution in [0.15, 0.2) is 30.3 Å². The predicted molar refractivity (Wildman–Crippen MR) is 152 cm³/mol. The molecule has 0 unspecified atom stereocenters. The number of carbonyl (C=O) groups excluding carboxylic acids is 1. The lowest BCUT2D eigenvalue weighted by Crippen LogP contribution is -2.48. The average Bonchev–Trinajstić information content (AvgIpc) is 3.76. The molecule has 1 aliphatic heterocycles. The molecule has 3 aromatic rings. The first kappa shape index (κ1) is 28.0. The van der Waals surface area contributed by atoms with Gasteiger partial charge in [0.1, 0.15) is 11.6 Å². The number of halogens is 2. The number of amides is 1. The monoisotopic (exact) mass is 586 g/mol. The number of sulfonamides is 1. The topological polar surface area (TPSA) is 117 Å². The molecular weight excluding hydrogens is 559 g/mol. The molecule has 2 aliphatic rings. The first-order valence-corrected chi connectivity index (χ1v) is 14.9. The molecule has 0 radical (unpaired) electrons. The Morgan fingerprint density at radius 1 is 1.18 bits per heavy atom. The highest BCUT2D eigenvalue weighted by atomic mass is 35.5. The number of ether oxygens (including phenoxy) is 1. The van der Waals surface area contributed by atoms with E-state index >= 15 is 0 Å². The fraction of sp³-hybridized carbons (Fsp3) is 0.370. The molecule has 210 valence electrons. The maximum absolute atomic E-state index is 13.7. The van der Waals surface area contributed by atoms with E-state index in [9.17, 15) is 17.6 Å². The van der Waals surface area contributed by atoms with Crippen molar-refractivity contribution in [2.24, 2.45) is 0 Å². The van der Waals surface area contributed by atoms with Crippen molar-refractivity contribution in [2.75, 3.05) is 56.7 Å². The SMILES string of the molecule is COc1nc(Nc2ccc(F)c(Cl)c2)c2cc(NC(=O)C#CCN3CCN(S(C)(=O)=O)CC3)c(C3CC3)cc2n1. The molecule has 40 heavy (non-hydrogen) atoms. The van der Waals surface area contributed by atoms with Crippen LogP contribution in [0.2, 0.25) is 5.02 Å². The van der Waals surface area contributed by atoms with Gasteiger partial charge in [0.15, 0.2) is 0 Å². The standard InChI is InChI=1S/C27H28ClFN6O4S/c1-39-27-32-24-15-19(17-5-6-17)23(16-20(24)26(33-27)30-18-7-8-22(29)21(28)14-18)31-25(36)4-3-9-34-10-12-35(13-11-34)40(2,37)38/h7-8,14-17H,5-6,9-13H2,1-2H3,(H,31,36)(H,30,32,33). The molecule has 2 heterocycles. The maximum atomic E-state index is 13.7. The average molecular weight is 587 g/mol. The van der Waals surface area contributed by atoms with Crippen molar-refractivity contribution in [2.45, 2.75) is 18.8 Å². The molecule has 2 fully saturated rings. The van der Waals surface area contributed by atoms with Crippen molar-refractivity contribution < 1.29 is 22.3 Å². The number of fused-ring (bicyclic) bond motifs is 1. The summed E-state index contributed by atoms with van der Waals surface area (Å²) in [4.78, 5) is 23.7. The van der Waals surface area contributed by atoms with E-state index in [0.29, 0.717) is 66.7 Å². The summed E-state index contributed by atoms with van der Waals surface area (Å²) in [6.07, 6.45) is 3.21. The Morgan fingerprint density at radius 3 is 2.58 bits per heavy atom. The van der Waals surface area contributed by atoms with Gasteiger partial charge in [-0.1, -0.05) is 17.5 Å². The minimum absolute atomic E-state index is 0.0323. The number of rotatable bonds is 7. The fourth-order valence-electron chi connectivity index (χ4n) is 4.51. The second-order valence-corrected chi connectivity index (χ2v) is 12.1. The second-order valence-electron chi connectivity index (χ2n) is 9.74. The van der Waals surface area contributed by atoms with Gasteiger partial charge in [0.05, 0.1) is 30.4 Å². The lowest BCUT2D eigenvalue weighted by Gasteiger charge is -2.31. The van der Waals surface area contributed by atoms with Gasteiger partial charge in [-0.05, 0) is 60.6 Å². The van der Waals surface area contributed by atoms with E-state index < -0.39 is 21.7 Å². The van der Waals surface area contributed by atoms with Crippen LogP contribution in [0.4, 0.5) is 21.6 Å². The summed E-state index contributed by atoms with van der Waals surface area (Å²) >= 11 is 5.96. The third-order valence-electron chi connectivity index (χ3n) is 6.78. The molecule has 1 saturated heterocycles. The molecule has 5 rings (SSSR count). The number of aromatic nitrogens is 2. The van der Waals surface area contributed by atoms with Gasteiger partial charge in [0.25, 0.3) is 5.91 Å². The van der Waals surface area contributed by atoms with E-state index in [0.717, 1.165) is 18.4 Å². The molecule has 1 aliphatic carbocycles. The summed E-state index contributed by atoms with van der Waals surface area (Å²) in [5, 5.41) is 6.66. The van der Waals surface area contributed by atoms with Gasteiger partial charge >= 0.3 is 6.01 Å². The quantitative estimate of drug-likeness (QED) is 0.404. The molecule has 13 heteroatoms. The first-order chi connectivity index (χ1) is 19.1. The number of nitrogens with zero attached hydrogens (tertiary/aromatic N) is 4. The predicted octanol–water partition coefficient (Wildman–Crippen LogP) is 3.57. The summed E-state index contributed by atoms with van der Waals surface area (Å²) in [6.45, 7) is 2.28. The Morgan fingerprint density at radius 2 is 1.93 bits per heavy atom. The molecule has 0 spiro atoms. The van der Waals surface area contributed by atoms with Gasteiger partial charge in [-0.3, -0.25) is 9.69 Å². The van der Waals surface area contributed by atoms with Crippen LogP contribution in [0.5, 0.6) is 6.01 Å². The van der Waals surface area contributed by atoms with Crippen molar-refractivity contribution in [3.63, 3.8) is 0 Å². The molecule has 1 amide bonds. The smallest absolute Gasteiger partial charge is 0.318 e. The van der Waals surface area contributed by atoms with Crippen molar-refractivity contribution in [1.82, 2.24) is 19.2 Å². The minimum Gasteiger partial charge on any atom is -0.467 e. The van der Waals surface area contributed by atoms with Crippen molar-refractivity contribution in [3.05, 3.63) is 46.7 Å². The van der Waals surface area contributed by atoms with Crippen LogP contribution in [0.1, 0.15) is 24.3 Å². The van der Waals surface area contributed by atoms with E-state index in [1.807, 2.05) is 11.0 Å². The first-order valence-electron chi connectivity index (χ1n) is 12.7. The summed E-state index contributed by atoms with van der Waals surface area (Å²) in [6, 6.07) is 8.13. The van der Waals surface area contributed by atoms with Crippen LogP contribution in [-0.4, -0.2) is 79.6 Å². The number of piperazine rings is 1. The maximum Gasteiger partial charge on any atom is 0.318 e. The van der Waals surface area contributed by atoms with Gasteiger partial charge < -0.3 is 15.4 Å². The van der Waals surface area contributed by atoms with Gasteiger partial charge in [-0.2, -0.15) is 14.3 Å².